The van der Waals surface area contributed by atoms with Crippen LogP contribution in [0.15, 0.2) is 49.1 Å². The number of para-hydroxylation sites is 2. The third-order valence-corrected chi connectivity index (χ3v) is 4.02. The molecule has 1 aromatic carbocycles. The Hall–Kier alpha value is -1.91. The normalized spacial score (nSPS) is 12.7. The second kappa shape index (κ2) is 6.24. The third kappa shape index (κ3) is 3.06. The summed E-state index contributed by atoms with van der Waals surface area (Å²) >= 11 is 6.19. The minimum Gasteiger partial charge on any atom is -0.329 e. The van der Waals surface area contributed by atoms with E-state index in [0.717, 1.165) is 29.6 Å². The minimum absolute atomic E-state index is 0.280. The quantitative estimate of drug-likeness (QED) is 0.788. The Kier molecular flexibility index (Phi) is 4.18. The Balaban J connectivity index is 1.80. The van der Waals surface area contributed by atoms with E-state index in [0.29, 0.717) is 5.02 Å². The molecule has 0 spiro atoms. The van der Waals surface area contributed by atoms with Crippen LogP contribution in [0.1, 0.15) is 5.56 Å². The van der Waals surface area contributed by atoms with Gasteiger partial charge in [0.2, 0.25) is 0 Å². The Bertz CT molecular complexity index is 738. The number of aromatic nitrogens is 3. The molecule has 0 aliphatic rings. The van der Waals surface area contributed by atoms with Crippen LogP contribution in [0, 0.1) is 0 Å². The number of rotatable bonds is 5. The number of likely N-dealkylation sites (N-methyl/N-ethyl adjacent to an activating group) is 1. The van der Waals surface area contributed by atoms with Crippen molar-refractivity contribution in [3.8, 4) is 0 Å². The van der Waals surface area contributed by atoms with E-state index in [1.807, 2.05) is 37.6 Å². The predicted molar refractivity (Wildman–Crippen MR) is 85.5 cm³/mol. The van der Waals surface area contributed by atoms with Crippen LogP contribution in [-0.4, -0.2) is 27.6 Å². The molecule has 1 N–H and O–H groups in total. The third-order valence-electron chi connectivity index (χ3n) is 3.68. The van der Waals surface area contributed by atoms with Crippen molar-refractivity contribution in [1.82, 2.24) is 19.9 Å². The fourth-order valence-electron chi connectivity index (χ4n) is 2.49. The summed E-state index contributed by atoms with van der Waals surface area (Å²) < 4.78 is 2.17. The summed E-state index contributed by atoms with van der Waals surface area (Å²) in [5.41, 5.74) is 3.28. The molecule has 5 heteroatoms. The zero-order valence-electron chi connectivity index (χ0n) is 11.8. The molecule has 0 fully saturated rings. The van der Waals surface area contributed by atoms with Crippen LogP contribution in [0.3, 0.4) is 0 Å². The highest BCUT2D eigenvalue weighted by Gasteiger charge is 2.12. The van der Waals surface area contributed by atoms with E-state index in [9.17, 15) is 0 Å². The van der Waals surface area contributed by atoms with Crippen LogP contribution >= 0.6 is 11.6 Å². The van der Waals surface area contributed by atoms with Crippen molar-refractivity contribution in [3.05, 3.63) is 59.6 Å². The molecule has 0 aliphatic heterocycles. The van der Waals surface area contributed by atoms with E-state index < -0.39 is 0 Å². The van der Waals surface area contributed by atoms with Crippen molar-refractivity contribution >= 4 is 22.6 Å². The van der Waals surface area contributed by atoms with Gasteiger partial charge in [-0.3, -0.25) is 4.98 Å². The van der Waals surface area contributed by atoms with Gasteiger partial charge < -0.3 is 9.88 Å². The Morgan fingerprint density at radius 1 is 1.29 bits per heavy atom. The van der Waals surface area contributed by atoms with Crippen LogP contribution in [0.5, 0.6) is 0 Å². The van der Waals surface area contributed by atoms with Crippen LogP contribution in [0.2, 0.25) is 5.02 Å². The van der Waals surface area contributed by atoms with Crippen molar-refractivity contribution in [1.29, 1.82) is 0 Å². The molecule has 0 saturated heterocycles. The summed E-state index contributed by atoms with van der Waals surface area (Å²) in [6, 6.07) is 10.4. The zero-order valence-corrected chi connectivity index (χ0v) is 12.6. The highest BCUT2D eigenvalue weighted by Crippen LogP contribution is 2.17. The van der Waals surface area contributed by atoms with Crippen LogP contribution in [-0.2, 0) is 13.0 Å². The van der Waals surface area contributed by atoms with E-state index in [1.165, 1.54) is 0 Å². The molecule has 0 bridgehead atoms. The lowest BCUT2D eigenvalue weighted by Gasteiger charge is -2.18. The average Bonchev–Trinajstić information content (AvgIpc) is 2.92. The first-order chi connectivity index (χ1) is 10.3. The van der Waals surface area contributed by atoms with E-state index in [2.05, 4.69) is 25.9 Å². The first kappa shape index (κ1) is 14.0. The maximum Gasteiger partial charge on any atom is 0.0958 e. The van der Waals surface area contributed by atoms with Crippen molar-refractivity contribution < 1.29 is 0 Å². The van der Waals surface area contributed by atoms with Gasteiger partial charge in [-0.2, -0.15) is 0 Å². The number of hydrogen-bond donors (Lipinski definition) is 1. The average molecular weight is 301 g/mol. The van der Waals surface area contributed by atoms with Crippen molar-refractivity contribution in [3.63, 3.8) is 0 Å². The highest BCUT2D eigenvalue weighted by atomic mass is 35.5. The monoisotopic (exact) mass is 300 g/mol. The van der Waals surface area contributed by atoms with Gasteiger partial charge in [0.05, 0.1) is 22.4 Å². The topological polar surface area (TPSA) is 42.7 Å². The van der Waals surface area contributed by atoms with Gasteiger partial charge in [-0.25, -0.2) is 4.98 Å². The molecule has 21 heavy (non-hydrogen) atoms. The molecule has 0 radical (unpaired) electrons. The summed E-state index contributed by atoms with van der Waals surface area (Å²) in [4.78, 5) is 8.46. The van der Waals surface area contributed by atoms with Gasteiger partial charge in [0.25, 0.3) is 0 Å². The fraction of sp³-hybridized carbons (Fsp3) is 0.250. The molecule has 0 saturated carbocycles. The fourth-order valence-corrected chi connectivity index (χ4v) is 2.68. The lowest BCUT2D eigenvalue weighted by molar-refractivity contribution is 0.484. The number of fused-ring (bicyclic) bond motifs is 1. The molecule has 108 valence electrons. The number of nitrogens with one attached hydrogen (secondary N) is 1. The number of nitrogens with zero attached hydrogens (tertiary/aromatic N) is 3. The van der Waals surface area contributed by atoms with E-state index in [4.69, 9.17) is 11.6 Å². The molecule has 3 aromatic rings. The molecular weight excluding hydrogens is 284 g/mol. The Labute approximate surface area is 128 Å². The van der Waals surface area contributed by atoms with Gasteiger partial charge in [0.15, 0.2) is 0 Å². The summed E-state index contributed by atoms with van der Waals surface area (Å²) in [5.74, 6) is 0. The second-order valence-corrected chi connectivity index (χ2v) is 5.45. The summed E-state index contributed by atoms with van der Waals surface area (Å²) in [5, 5.41) is 4.07. The minimum atomic E-state index is 0.280. The molecule has 1 atom stereocenters. The lowest BCUT2D eigenvalue weighted by atomic mass is 10.1. The number of hydrogen-bond acceptors (Lipinski definition) is 3. The predicted octanol–water partition coefficient (Wildman–Crippen LogP) is 2.92. The molecule has 1 unspecified atom stereocenters. The van der Waals surface area contributed by atoms with Gasteiger partial charge in [0, 0.05) is 25.0 Å². The summed E-state index contributed by atoms with van der Waals surface area (Å²) in [7, 11) is 1.97. The molecule has 3 rings (SSSR count). The van der Waals surface area contributed by atoms with Crippen molar-refractivity contribution in [2.24, 2.45) is 0 Å². The van der Waals surface area contributed by atoms with Gasteiger partial charge in [0.1, 0.15) is 0 Å². The van der Waals surface area contributed by atoms with Crippen LogP contribution in [0.4, 0.5) is 0 Å². The summed E-state index contributed by atoms with van der Waals surface area (Å²) in [6.07, 6.45) is 6.21. The smallest absolute Gasteiger partial charge is 0.0958 e. The Morgan fingerprint density at radius 2 is 2.14 bits per heavy atom. The van der Waals surface area contributed by atoms with Crippen LogP contribution < -0.4 is 5.32 Å². The molecule has 2 heterocycles. The molecule has 2 aromatic heterocycles. The van der Waals surface area contributed by atoms with Crippen molar-refractivity contribution in [2.75, 3.05) is 7.05 Å². The standard InChI is InChI=1S/C16H17ClN4/c1-18-13(8-12-6-7-19-9-14(12)17)10-21-11-20-15-4-2-3-5-16(15)21/h2-7,9,11,13,18H,8,10H2,1H3. The van der Waals surface area contributed by atoms with Gasteiger partial charge in [-0.15, -0.1) is 0 Å². The summed E-state index contributed by atoms with van der Waals surface area (Å²) in [6.45, 7) is 0.843. The number of pyridine rings is 1. The van der Waals surface area contributed by atoms with Crippen molar-refractivity contribution in [2.45, 2.75) is 19.0 Å². The number of halogens is 1. The highest BCUT2D eigenvalue weighted by molar-refractivity contribution is 6.31. The van der Waals surface area contributed by atoms with E-state index in [1.54, 1.807) is 12.4 Å². The SMILES string of the molecule is CNC(Cc1ccncc1Cl)Cn1cnc2ccccc21. The number of imidazole rings is 1. The van der Waals surface area contributed by atoms with Gasteiger partial charge >= 0.3 is 0 Å². The van der Waals surface area contributed by atoms with Gasteiger partial charge in [-0.1, -0.05) is 23.7 Å². The molecule has 0 amide bonds. The largest absolute Gasteiger partial charge is 0.329 e. The van der Waals surface area contributed by atoms with E-state index >= 15 is 0 Å². The Morgan fingerprint density at radius 3 is 2.95 bits per heavy atom. The maximum atomic E-state index is 6.19. The first-order valence-corrected chi connectivity index (χ1v) is 7.31. The maximum absolute atomic E-state index is 6.19. The lowest BCUT2D eigenvalue weighted by Crippen LogP contribution is -2.32. The first-order valence-electron chi connectivity index (χ1n) is 6.93. The molecular formula is C16H17ClN4. The molecule has 4 nitrogen and oxygen atoms in total. The second-order valence-electron chi connectivity index (χ2n) is 5.04. The molecule has 0 aliphatic carbocycles. The zero-order chi connectivity index (χ0) is 14.7. The van der Waals surface area contributed by atoms with E-state index in [-0.39, 0.29) is 6.04 Å². The van der Waals surface area contributed by atoms with Crippen LogP contribution in [0.25, 0.3) is 11.0 Å². The van der Waals surface area contributed by atoms with Gasteiger partial charge in [-0.05, 0) is 37.2 Å². The number of benzene rings is 1.